The Morgan fingerprint density at radius 1 is 1.44 bits per heavy atom. The Kier molecular flexibility index (Phi) is 3.36. The van der Waals surface area contributed by atoms with Crippen LogP contribution in [0.4, 0.5) is 0 Å². The molecule has 0 aliphatic rings. The van der Waals surface area contributed by atoms with Crippen LogP contribution < -0.4 is 0 Å². The van der Waals surface area contributed by atoms with Gasteiger partial charge in [0, 0.05) is 10.9 Å². The van der Waals surface area contributed by atoms with Crippen LogP contribution in [0.15, 0.2) is 29.6 Å². The molecule has 82 valence electrons. The number of benzene rings is 1. The molecule has 0 N–H and O–H groups in total. The van der Waals surface area contributed by atoms with Gasteiger partial charge in [0.25, 0.3) is 0 Å². The third kappa shape index (κ3) is 2.49. The standard InChI is InChI=1S/C12H10ClNOS/c1-8-14-9(7-16-8)6-12(15)10-4-2-3-5-11(10)13/h2-5,7H,6H2,1H3. The molecule has 4 heteroatoms. The molecule has 16 heavy (non-hydrogen) atoms. The molecule has 0 atom stereocenters. The van der Waals surface area contributed by atoms with Crippen LogP contribution in [0.3, 0.4) is 0 Å². The number of aryl methyl sites for hydroxylation is 1. The molecule has 0 saturated heterocycles. The minimum Gasteiger partial charge on any atom is -0.294 e. The van der Waals surface area contributed by atoms with Crippen LogP contribution in [-0.2, 0) is 6.42 Å². The molecule has 0 aliphatic carbocycles. The molecule has 1 heterocycles. The Labute approximate surface area is 103 Å². The highest BCUT2D eigenvalue weighted by Crippen LogP contribution is 2.18. The molecule has 0 aliphatic heterocycles. The average Bonchev–Trinajstić information content (AvgIpc) is 2.64. The first-order valence-electron chi connectivity index (χ1n) is 4.85. The predicted molar refractivity (Wildman–Crippen MR) is 66.3 cm³/mol. The molecule has 2 aromatic rings. The molecule has 2 nitrogen and oxygen atoms in total. The lowest BCUT2D eigenvalue weighted by Gasteiger charge is -2.00. The number of carbonyl (C=O) groups is 1. The highest BCUT2D eigenvalue weighted by atomic mass is 35.5. The second kappa shape index (κ2) is 4.76. The molecule has 0 unspecified atom stereocenters. The molecule has 0 saturated carbocycles. The van der Waals surface area contributed by atoms with E-state index in [1.54, 1.807) is 23.5 Å². The number of rotatable bonds is 3. The van der Waals surface area contributed by atoms with E-state index < -0.39 is 0 Å². The Morgan fingerprint density at radius 3 is 2.81 bits per heavy atom. The SMILES string of the molecule is Cc1nc(CC(=O)c2ccccc2Cl)cs1. The lowest BCUT2D eigenvalue weighted by molar-refractivity contribution is 0.0992. The first-order chi connectivity index (χ1) is 7.66. The summed E-state index contributed by atoms with van der Waals surface area (Å²) in [6, 6.07) is 7.09. The van der Waals surface area contributed by atoms with Crippen molar-refractivity contribution in [3.05, 3.63) is 50.9 Å². The molecule has 2 rings (SSSR count). The van der Waals surface area contributed by atoms with E-state index in [0.29, 0.717) is 17.0 Å². The molecule has 0 bridgehead atoms. The number of halogens is 1. The molecule has 0 fully saturated rings. The molecular weight excluding hydrogens is 242 g/mol. The van der Waals surface area contributed by atoms with Crippen LogP contribution in [-0.4, -0.2) is 10.8 Å². The fraction of sp³-hybridized carbons (Fsp3) is 0.167. The molecule has 0 spiro atoms. The van der Waals surface area contributed by atoms with Crippen LogP contribution in [0.2, 0.25) is 5.02 Å². The van der Waals surface area contributed by atoms with Gasteiger partial charge < -0.3 is 0 Å². The van der Waals surface area contributed by atoms with Gasteiger partial charge in [-0.25, -0.2) is 4.98 Å². The second-order valence-electron chi connectivity index (χ2n) is 3.44. The van der Waals surface area contributed by atoms with E-state index in [1.807, 2.05) is 24.4 Å². The smallest absolute Gasteiger partial charge is 0.170 e. The van der Waals surface area contributed by atoms with Gasteiger partial charge in [0.05, 0.1) is 22.1 Å². The van der Waals surface area contributed by atoms with Crippen molar-refractivity contribution >= 4 is 28.7 Å². The fourth-order valence-electron chi connectivity index (χ4n) is 1.44. The fourth-order valence-corrected chi connectivity index (χ4v) is 2.29. The Balaban J connectivity index is 2.18. The summed E-state index contributed by atoms with van der Waals surface area (Å²) in [4.78, 5) is 16.2. The normalized spacial score (nSPS) is 10.4. The van der Waals surface area contributed by atoms with E-state index >= 15 is 0 Å². The number of carbonyl (C=O) groups excluding carboxylic acids is 1. The summed E-state index contributed by atoms with van der Waals surface area (Å²) in [5.41, 5.74) is 1.38. The zero-order valence-corrected chi connectivity index (χ0v) is 10.3. The number of nitrogens with zero attached hydrogens (tertiary/aromatic N) is 1. The Bertz CT molecular complexity index is 521. The van der Waals surface area contributed by atoms with Gasteiger partial charge in [-0.05, 0) is 19.1 Å². The van der Waals surface area contributed by atoms with Crippen molar-refractivity contribution in [1.29, 1.82) is 0 Å². The van der Waals surface area contributed by atoms with Gasteiger partial charge in [-0.15, -0.1) is 11.3 Å². The summed E-state index contributed by atoms with van der Waals surface area (Å²) in [5.74, 6) is 0.0101. The zero-order chi connectivity index (χ0) is 11.5. The van der Waals surface area contributed by atoms with Crippen LogP contribution in [0, 0.1) is 6.92 Å². The average molecular weight is 252 g/mol. The molecular formula is C12H10ClNOS. The summed E-state index contributed by atoms with van der Waals surface area (Å²) in [7, 11) is 0. The summed E-state index contributed by atoms with van der Waals surface area (Å²) < 4.78 is 0. The molecule has 0 amide bonds. The largest absolute Gasteiger partial charge is 0.294 e. The maximum atomic E-state index is 11.9. The maximum absolute atomic E-state index is 11.9. The van der Waals surface area contributed by atoms with Gasteiger partial charge in [0.2, 0.25) is 0 Å². The van der Waals surface area contributed by atoms with Crippen LogP contribution in [0.25, 0.3) is 0 Å². The van der Waals surface area contributed by atoms with Gasteiger partial charge in [0.15, 0.2) is 5.78 Å². The number of Topliss-reactive ketones (excluding diaryl/α,β-unsaturated/α-hetero) is 1. The minimum atomic E-state index is 0.0101. The van der Waals surface area contributed by atoms with E-state index in [2.05, 4.69) is 4.98 Å². The van der Waals surface area contributed by atoms with Crippen LogP contribution in [0.5, 0.6) is 0 Å². The van der Waals surface area contributed by atoms with E-state index in [0.717, 1.165) is 10.7 Å². The predicted octanol–water partition coefficient (Wildman–Crippen LogP) is 3.53. The monoisotopic (exact) mass is 251 g/mol. The lowest BCUT2D eigenvalue weighted by atomic mass is 10.1. The van der Waals surface area contributed by atoms with E-state index in [4.69, 9.17) is 11.6 Å². The number of hydrogen-bond donors (Lipinski definition) is 0. The van der Waals surface area contributed by atoms with Crippen molar-refractivity contribution in [3.63, 3.8) is 0 Å². The summed E-state index contributed by atoms with van der Waals surface area (Å²) >= 11 is 7.50. The highest BCUT2D eigenvalue weighted by molar-refractivity contribution is 7.09. The number of aromatic nitrogens is 1. The van der Waals surface area contributed by atoms with Crippen LogP contribution in [0.1, 0.15) is 21.1 Å². The third-order valence-corrected chi connectivity index (χ3v) is 3.33. The topological polar surface area (TPSA) is 30.0 Å². The summed E-state index contributed by atoms with van der Waals surface area (Å²) in [6.07, 6.45) is 0.314. The number of hydrogen-bond acceptors (Lipinski definition) is 3. The van der Waals surface area contributed by atoms with Crippen molar-refractivity contribution < 1.29 is 4.79 Å². The number of ketones is 1. The van der Waals surface area contributed by atoms with Crippen LogP contribution >= 0.6 is 22.9 Å². The first-order valence-corrected chi connectivity index (χ1v) is 6.11. The van der Waals surface area contributed by atoms with Gasteiger partial charge in [-0.2, -0.15) is 0 Å². The maximum Gasteiger partial charge on any atom is 0.170 e. The van der Waals surface area contributed by atoms with Crippen molar-refractivity contribution in [2.75, 3.05) is 0 Å². The molecule has 1 aromatic heterocycles. The lowest BCUT2D eigenvalue weighted by Crippen LogP contribution is -2.04. The van der Waals surface area contributed by atoms with E-state index in [-0.39, 0.29) is 5.78 Å². The van der Waals surface area contributed by atoms with Gasteiger partial charge in [-0.1, -0.05) is 23.7 Å². The molecule has 1 aromatic carbocycles. The summed E-state index contributed by atoms with van der Waals surface area (Å²) in [6.45, 7) is 1.92. The van der Waals surface area contributed by atoms with Crippen molar-refractivity contribution in [1.82, 2.24) is 4.98 Å². The van der Waals surface area contributed by atoms with Gasteiger partial charge in [0.1, 0.15) is 0 Å². The Morgan fingerprint density at radius 2 is 2.19 bits per heavy atom. The van der Waals surface area contributed by atoms with Crippen molar-refractivity contribution in [2.45, 2.75) is 13.3 Å². The van der Waals surface area contributed by atoms with Gasteiger partial charge in [-0.3, -0.25) is 4.79 Å². The zero-order valence-electron chi connectivity index (χ0n) is 8.74. The number of thiazole rings is 1. The molecule has 0 radical (unpaired) electrons. The highest BCUT2D eigenvalue weighted by Gasteiger charge is 2.11. The summed E-state index contributed by atoms with van der Waals surface area (Å²) in [5, 5.41) is 3.38. The van der Waals surface area contributed by atoms with Crippen molar-refractivity contribution in [2.24, 2.45) is 0 Å². The minimum absolute atomic E-state index is 0.0101. The second-order valence-corrected chi connectivity index (χ2v) is 4.91. The Hall–Kier alpha value is -1.19. The van der Waals surface area contributed by atoms with Crippen molar-refractivity contribution in [3.8, 4) is 0 Å². The first kappa shape index (κ1) is 11.3. The van der Waals surface area contributed by atoms with E-state index in [1.165, 1.54) is 0 Å². The quantitative estimate of drug-likeness (QED) is 0.781. The van der Waals surface area contributed by atoms with Gasteiger partial charge >= 0.3 is 0 Å². The van der Waals surface area contributed by atoms with E-state index in [9.17, 15) is 4.79 Å². The third-order valence-electron chi connectivity index (χ3n) is 2.18.